The highest BCUT2D eigenvalue weighted by Crippen LogP contribution is 2.23. The highest BCUT2D eigenvalue weighted by Gasteiger charge is 2.11. The van der Waals surface area contributed by atoms with Gasteiger partial charge in [0.2, 0.25) is 16.8 Å². The number of nitrogens with one attached hydrogen (secondary N) is 1. The van der Waals surface area contributed by atoms with Crippen LogP contribution < -0.4 is 10.2 Å². The number of nitrogens with zero attached hydrogens (tertiary/aromatic N) is 5. The van der Waals surface area contributed by atoms with Crippen molar-refractivity contribution in [1.29, 1.82) is 5.26 Å². The second-order valence-electron chi connectivity index (χ2n) is 7.45. The molecule has 0 saturated carbocycles. The topological polar surface area (TPSA) is 111 Å². The molecule has 4 rings (SSSR count). The summed E-state index contributed by atoms with van der Waals surface area (Å²) >= 11 is 0. The SMILES string of the molecule is N#CCN(Cc1ccc(-c2ccnc(Nc3ccc(N4CCOCC4)cc3)n2)cc1)[SH](=O)=O. The zero-order valence-electron chi connectivity index (χ0n) is 17.9. The number of thiol groups is 1. The molecule has 33 heavy (non-hydrogen) atoms. The summed E-state index contributed by atoms with van der Waals surface area (Å²) in [6, 6.07) is 19.2. The minimum atomic E-state index is -2.81. The first-order chi connectivity index (χ1) is 16.1. The standard InChI is InChI=1S/C23H24N6O3S/c24-10-12-29(33(30)31)17-18-1-3-19(4-2-18)22-9-11-25-23(27-22)26-20-5-7-21(8-6-20)28-13-15-32-16-14-28/h1-9,11,33H,12-17H2,(H,25,26,27). The van der Waals surface area contributed by atoms with Gasteiger partial charge in [0.25, 0.3) is 0 Å². The molecule has 2 aromatic carbocycles. The molecule has 1 saturated heterocycles. The Bertz CT molecular complexity index is 1180. The highest BCUT2D eigenvalue weighted by atomic mass is 32.2. The molecule has 10 heteroatoms. The van der Waals surface area contributed by atoms with E-state index in [9.17, 15) is 8.42 Å². The number of anilines is 3. The van der Waals surface area contributed by atoms with E-state index in [-0.39, 0.29) is 13.1 Å². The third-order valence-electron chi connectivity index (χ3n) is 5.25. The lowest BCUT2D eigenvalue weighted by atomic mass is 10.1. The maximum atomic E-state index is 11.2. The van der Waals surface area contributed by atoms with Gasteiger partial charge in [0.15, 0.2) is 0 Å². The van der Waals surface area contributed by atoms with Crippen LogP contribution in [0, 0.1) is 11.3 Å². The summed E-state index contributed by atoms with van der Waals surface area (Å²) in [5, 5.41) is 12.0. The number of hydrogen-bond acceptors (Lipinski definition) is 8. The van der Waals surface area contributed by atoms with Crippen molar-refractivity contribution in [3.63, 3.8) is 0 Å². The monoisotopic (exact) mass is 464 g/mol. The predicted octanol–water partition coefficient (Wildman–Crippen LogP) is 2.58. The Morgan fingerprint density at radius 2 is 1.79 bits per heavy atom. The van der Waals surface area contributed by atoms with Crippen molar-refractivity contribution in [3.05, 3.63) is 66.4 Å². The predicted molar refractivity (Wildman–Crippen MR) is 127 cm³/mol. The van der Waals surface area contributed by atoms with Gasteiger partial charge in [-0.05, 0) is 35.9 Å². The van der Waals surface area contributed by atoms with E-state index in [4.69, 9.17) is 10.00 Å². The lowest BCUT2D eigenvalue weighted by molar-refractivity contribution is 0.122. The average Bonchev–Trinajstić information content (AvgIpc) is 2.85. The van der Waals surface area contributed by atoms with E-state index in [0.29, 0.717) is 5.95 Å². The summed E-state index contributed by atoms with van der Waals surface area (Å²) in [5.74, 6) is 0.485. The van der Waals surface area contributed by atoms with Crippen LogP contribution in [0.5, 0.6) is 0 Å². The first-order valence-electron chi connectivity index (χ1n) is 10.5. The van der Waals surface area contributed by atoms with Crippen LogP contribution >= 0.6 is 0 Å². The van der Waals surface area contributed by atoms with Gasteiger partial charge in [-0.15, -0.1) is 0 Å². The Labute approximate surface area is 194 Å². The lowest BCUT2D eigenvalue weighted by Crippen LogP contribution is -2.36. The molecule has 1 aromatic heterocycles. The Kier molecular flexibility index (Phi) is 7.47. The fourth-order valence-corrected chi connectivity index (χ4v) is 3.99. The van der Waals surface area contributed by atoms with Crippen molar-refractivity contribution in [2.24, 2.45) is 0 Å². The minimum Gasteiger partial charge on any atom is -0.378 e. The van der Waals surface area contributed by atoms with Crippen molar-refractivity contribution in [2.45, 2.75) is 6.54 Å². The third-order valence-corrected chi connectivity index (χ3v) is 6.00. The van der Waals surface area contributed by atoms with E-state index in [1.54, 1.807) is 6.20 Å². The van der Waals surface area contributed by atoms with Crippen molar-refractivity contribution in [3.8, 4) is 17.3 Å². The molecule has 3 aromatic rings. The molecule has 0 atom stereocenters. The molecule has 0 aliphatic carbocycles. The van der Waals surface area contributed by atoms with Crippen molar-refractivity contribution in [1.82, 2.24) is 14.3 Å². The van der Waals surface area contributed by atoms with Crippen molar-refractivity contribution in [2.75, 3.05) is 43.1 Å². The van der Waals surface area contributed by atoms with Crippen LogP contribution in [0.1, 0.15) is 5.56 Å². The first kappa shape index (κ1) is 22.7. The largest absolute Gasteiger partial charge is 0.378 e. The number of benzene rings is 2. The number of hydrogen-bond donors (Lipinski definition) is 2. The molecule has 0 bridgehead atoms. The van der Waals surface area contributed by atoms with Gasteiger partial charge in [-0.1, -0.05) is 24.3 Å². The van der Waals surface area contributed by atoms with Gasteiger partial charge in [-0.25, -0.2) is 18.4 Å². The minimum absolute atomic E-state index is 0.156. The summed E-state index contributed by atoms with van der Waals surface area (Å²) in [5.41, 5.74) is 4.47. The van der Waals surface area contributed by atoms with Gasteiger partial charge in [0.05, 0.1) is 25.0 Å². The van der Waals surface area contributed by atoms with Crippen LogP contribution in [0.3, 0.4) is 0 Å². The zero-order chi connectivity index (χ0) is 23.0. The van der Waals surface area contributed by atoms with Gasteiger partial charge >= 0.3 is 0 Å². The van der Waals surface area contributed by atoms with Crippen LogP contribution in [0.15, 0.2) is 60.8 Å². The molecule has 1 aliphatic heterocycles. The molecule has 1 fully saturated rings. The normalized spacial score (nSPS) is 13.8. The summed E-state index contributed by atoms with van der Waals surface area (Å²) in [7, 11) is -2.81. The van der Waals surface area contributed by atoms with E-state index in [2.05, 4.69) is 32.3 Å². The molecule has 1 N–H and O–H groups in total. The van der Waals surface area contributed by atoms with Gasteiger partial charge in [-0.3, -0.25) is 0 Å². The van der Waals surface area contributed by atoms with Crippen molar-refractivity contribution >= 4 is 28.2 Å². The van der Waals surface area contributed by atoms with Crippen LogP contribution in [0.2, 0.25) is 0 Å². The van der Waals surface area contributed by atoms with E-state index in [0.717, 1.165) is 58.8 Å². The van der Waals surface area contributed by atoms with Crippen LogP contribution in [-0.4, -0.2) is 55.5 Å². The third kappa shape index (κ3) is 6.04. The Morgan fingerprint density at radius 1 is 1.06 bits per heavy atom. The van der Waals surface area contributed by atoms with Gasteiger partial charge < -0.3 is 15.0 Å². The van der Waals surface area contributed by atoms with Gasteiger partial charge in [0.1, 0.15) is 6.54 Å². The zero-order valence-corrected chi connectivity index (χ0v) is 18.8. The maximum Gasteiger partial charge on any atom is 0.227 e. The summed E-state index contributed by atoms with van der Waals surface area (Å²) < 4.78 is 29.0. The molecule has 0 amide bonds. The van der Waals surface area contributed by atoms with Gasteiger partial charge in [-0.2, -0.15) is 9.57 Å². The molecular weight excluding hydrogens is 440 g/mol. The molecule has 1 aliphatic rings. The summed E-state index contributed by atoms with van der Waals surface area (Å²) in [6.45, 7) is 3.26. The molecule has 0 unspecified atom stereocenters. The molecule has 2 heterocycles. The number of rotatable bonds is 8. The van der Waals surface area contributed by atoms with E-state index in [1.165, 1.54) is 0 Å². The second-order valence-corrected chi connectivity index (χ2v) is 8.49. The Hall–Kier alpha value is -3.52. The van der Waals surface area contributed by atoms with Crippen LogP contribution in [0.4, 0.5) is 17.3 Å². The van der Waals surface area contributed by atoms with E-state index < -0.39 is 10.9 Å². The molecule has 0 spiro atoms. The molecular formula is C23H24N6O3S. The Balaban J connectivity index is 1.43. The molecule has 170 valence electrons. The average molecular weight is 465 g/mol. The first-order valence-corrected chi connectivity index (χ1v) is 11.6. The maximum absolute atomic E-state index is 11.2. The molecule has 0 radical (unpaired) electrons. The number of aromatic nitrogens is 2. The number of morpholine rings is 1. The lowest BCUT2D eigenvalue weighted by Gasteiger charge is -2.28. The van der Waals surface area contributed by atoms with Crippen molar-refractivity contribution < 1.29 is 13.2 Å². The number of ether oxygens (including phenoxy) is 1. The van der Waals surface area contributed by atoms with Crippen LogP contribution in [-0.2, 0) is 22.2 Å². The molecule has 9 nitrogen and oxygen atoms in total. The summed E-state index contributed by atoms with van der Waals surface area (Å²) in [4.78, 5) is 11.2. The highest BCUT2D eigenvalue weighted by molar-refractivity contribution is 7.69. The fraction of sp³-hybridized carbons (Fsp3) is 0.261. The van der Waals surface area contributed by atoms with E-state index >= 15 is 0 Å². The Morgan fingerprint density at radius 3 is 2.45 bits per heavy atom. The quantitative estimate of drug-likeness (QED) is 0.387. The summed E-state index contributed by atoms with van der Waals surface area (Å²) in [6.07, 6.45) is 1.69. The van der Waals surface area contributed by atoms with E-state index in [1.807, 2.05) is 48.5 Å². The second kappa shape index (κ2) is 10.9. The van der Waals surface area contributed by atoms with Crippen LogP contribution in [0.25, 0.3) is 11.3 Å². The van der Waals surface area contributed by atoms with Gasteiger partial charge in [0, 0.05) is 42.8 Å². The number of nitriles is 1. The smallest absolute Gasteiger partial charge is 0.227 e. The fourth-order valence-electron chi connectivity index (χ4n) is 3.53.